The lowest BCUT2D eigenvalue weighted by Gasteiger charge is -2.57. The number of aryl methyl sites for hydroxylation is 1. The van der Waals surface area contributed by atoms with Crippen LogP contribution < -0.4 is 14.4 Å². The molecule has 39 heavy (non-hydrogen) atoms. The Morgan fingerprint density at radius 2 is 1.54 bits per heavy atom. The Bertz CT molecular complexity index is 1430. The molecule has 0 radical (unpaired) electrons. The van der Waals surface area contributed by atoms with E-state index in [2.05, 4.69) is 17.4 Å². The summed E-state index contributed by atoms with van der Waals surface area (Å²) in [6, 6.07) is 21.7. The second kappa shape index (κ2) is 10.0. The van der Waals surface area contributed by atoms with Crippen molar-refractivity contribution in [3.8, 4) is 5.75 Å². The van der Waals surface area contributed by atoms with Gasteiger partial charge in [-0.25, -0.2) is 8.42 Å². The van der Waals surface area contributed by atoms with Crippen LogP contribution in [0.4, 0.5) is 11.4 Å². The molecule has 1 N–H and O–H groups in total. The molecule has 0 saturated heterocycles. The van der Waals surface area contributed by atoms with Crippen LogP contribution in [0.15, 0.2) is 77.7 Å². The van der Waals surface area contributed by atoms with Gasteiger partial charge in [-0.1, -0.05) is 36.4 Å². The Labute approximate surface area is 231 Å². The quantitative estimate of drug-likeness (QED) is 0.361. The smallest absolute Gasteiger partial charge is 0.264 e. The summed E-state index contributed by atoms with van der Waals surface area (Å²) in [5, 5.41) is 2.93. The number of amides is 1. The first-order valence-electron chi connectivity index (χ1n) is 13.9. The normalized spacial score (nSPS) is 25.3. The van der Waals surface area contributed by atoms with E-state index < -0.39 is 15.9 Å². The molecular formula is C32H36N2O4S. The van der Waals surface area contributed by atoms with Gasteiger partial charge in [0.25, 0.3) is 10.0 Å². The highest BCUT2D eigenvalue weighted by atomic mass is 32.2. The summed E-state index contributed by atoms with van der Waals surface area (Å²) >= 11 is 0. The fourth-order valence-corrected chi connectivity index (χ4v) is 9.16. The van der Waals surface area contributed by atoms with Gasteiger partial charge in [0.15, 0.2) is 0 Å². The molecule has 3 aromatic carbocycles. The van der Waals surface area contributed by atoms with Gasteiger partial charge in [0.1, 0.15) is 12.3 Å². The molecule has 6 nitrogen and oxygen atoms in total. The zero-order chi connectivity index (χ0) is 27.2. The van der Waals surface area contributed by atoms with Crippen LogP contribution in [0.1, 0.15) is 49.7 Å². The van der Waals surface area contributed by atoms with Crippen molar-refractivity contribution in [3.63, 3.8) is 0 Å². The molecule has 3 aromatic rings. The minimum Gasteiger partial charge on any atom is -0.495 e. The zero-order valence-corrected chi connectivity index (χ0v) is 23.4. The molecule has 7 rings (SSSR count). The maximum atomic E-state index is 13.7. The standard InChI is InChI=1S/C32H36N2O4S/c1-22-8-13-30(38-2)29(14-22)34(39(36,37)28-6-4-3-5-7-28)21-31(35)33-27-11-9-26(10-12-27)32-18-23-15-24(19-32)17-25(16-23)20-32/h3-14,23-25H,15-21H2,1-2H3,(H,33,35). The van der Waals surface area contributed by atoms with Crippen molar-refractivity contribution in [3.05, 3.63) is 83.9 Å². The lowest BCUT2D eigenvalue weighted by Crippen LogP contribution is -2.48. The van der Waals surface area contributed by atoms with Crippen molar-refractivity contribution in [1.82, 2.24) is 0 Å². The molecule has 1 amide bonds. The number of nitrogens with one attached hydrogen (secondary N) is 1. The summed E-state index contributed by atoms with van der Waals surface area (Å²) in [6.07, 6.45) is 8.07. The first kappa shape index (κ1) is 25.9. The molecule has 0 spiro atoms. The van der Waals surface area contributed by atoms with Gasteiger partial charge in [-0.3, -0.25) is 9.10 Å². The van der Waals surface area contributed by atoms with E-state index in [1.54, 1.807) is 30.3 Å². The number of anilines is 2. The summed E-state index contributed by atoms with van der Waals surface area (Å²) in [7, 11) is -2.54. The predicted molar refractivity (Wildman–Crippen MR) is 154 cm³/mol. The Hall–Kier alpha value is -3.32. The van der Waals surface area contributed by atoms with Crippen LogP contribution in [0.2, 0.25) is 0 Å². The maximum absolute atomic E-state index is 13.7. The molecule has 0 unspecified atom stereocenters. The molecule has 4 fully saturated rings. The lowest BCUT2D eigenvalue weighted by atomic mass is 9.48. The summed E-state index contributed by atoms with van der Waals surface area (Å²) in [6.45, 7) is 1.50. The van der Waals surface area contributed by atoms with Gasteiger partial charge in [0, 0.05) is 5.69 Å². The minimum atomic E-state index is -4.03. The molecule has 4 aliphatic carbocycles. The second-order valence-corrected chi connectivity index (χ2v) is 13.7. The van der Waals surface area contributed by atoms with Crippen molar-refractivity contribution in [1.29, 1.82) is 0 Å². The van der Waals surface area contributed by atoms with E-state index in [9.17, 15) is 13.2 Å². The van der Waals surface area contributed by atoms with Gasteiger partial charge in [0.2, 0.25) is 5.91 Å². The van der Waals surface area contributed by atoms with E-state index in [-0.39, 0.29) is 11.4 Å². The number of methoxy groups -OCH3 is 1. The monoisotopic (exact) mass is 544 g/mol. The van der Waals surface area contributed by atoms with Crippen molar-refractivity contribution in [2.45, 2.75) is 55.8 Å². The number of nitrogens with zero attached hydrogens (tertiary/aromatic N) is 1. The fraction of sp³-hybridized carbons (Fsp3) is 0.406. The summed E-state index contributed by atoms with van der Waals surface area (Å²) in [5.41, 5.74) is 3.53. The van der Waals surface area contributed by atoms with E-state index in [1.165, 1.54) is 63.3 Å². The first-order valence-corrected chi connectivity index (χ1v) is 15.3. The highest BCUT2D eigenvalue weighted by Crippen LogP contribution is 2.60. The highest BCUT2D eigenvalue weighted by molar-refractivity contribution is 7.92. The predicted octanol–water partition coefficient (Wildman–Crippen LogP) is 6.31. The molecule has 4 saturated carbocycles. The van der Waals surface area contributed by atoms with Crippen LogP contribution in [0, 0.1) is 24.7 Å². The van der Waals surface area contributed by atoms with Crippen LogP contribution >= 0.6 is 0 Å². The molecular weight excluding hydrogens is 508 g/mol. The van der Waals surface area contributed by atoms with Crippen molar-refractivity contribution in [2.24, 2.45) is 17.8 Å². The number of carbonyl (C=O) groups is 1. The summed E-state index contributed by atoms with van der Waals surface area (Å²) in [5.74, 6) is 2.57. The van der Waals surface area contributed by atoms with Gasteiger partial charge in [0.05, 0.1) is 17.7 Å². The third-order valence-corrected chi connectivity index (χ3v) is 10.8. The third-order valence-electron chi connectivity index (χ3n) is 9.04. The van der Waals surface area contributed by atoms with Crippen LogP contribution in [-0.4, -0.2) is 28.0 Å². The SMILES string of the molecule is COc1ccc(C)cc1N(CC(=O)Nc1ccc(C23CC4CC(CC(C4)C2)C3)cc1)S(=O)(=O)c1ccccc1. The molecule has 4 aliphatic rings. The Kier molecular flexibility index (Phi) is 6.66. The number of benzene rings is 3. The fourth-order valence-electron chi connectivity index (χ4n) is 7.72. The number of hydrogen-bond acceptors (Lipinski definition) is 4. The van der Waals surface area contributed by atoms with Crippen molar-refractivity contribution < 1.29 is 17.9 Å². The van der Waals surface area contributed by atoms with Gasteiger partial charge in [-0.05, 0) is 116 Å². The van der Waals surface area contributed by atoms with Crippen LogP contribution in [0.3, 0.4) is 0 Å². The van der Waals surface area contributed by atoms with Crippen LogP contribution in [0.25, 0.3) is 0 Å². The summed E-state index contributed by atoms with van der Waals surface area (Å²) < 4.78 is 34.1. The third kappa shape index (κ3) is 4.93. The van der Waals surface area contributed by atoms with Crippen LogP contribution in [0.5, 0.6) is 5.75 Å². The Morgan fingerprint density at radius 1 is 0.923 bits per heavy atom. The lowest BCUT2D eigenvalue weighted by molar-refractivity contribution is -0.114. The molecule has 0 aromatic heterocycles. The van der Waals surface area contributed by atoms with Gasteiger partial charge in [-0.15, -0.1) is 0 Å². The van der Waals surface area contributed by atoms with Crippen molar-refractivity contribution in [2.75, 3.05) is 23.3 Å². The first-order chi connectivity index (χ1) is 18.8. The van der Waals surface area contributed by atoms with E-state index in [4.69, 9.17) is 4.74 Å². The van der Waals surface area contributed by atoms with E-state index in [1.807, 2.05) is 25.1 Å². The molecule has 0 atom stereocenters. The minimum absolute atomic E-state index is 0.112. The van der Waals surface area contributed by atoms with Gasteiger partial charge < -0.3 is 10.1 Å². The number of ether oxygens (including phenoxy) is 1. The average Bonchev–Trinajstić information content (AvgIpc) is 2.92. The van der Waals surface area contributed by atoms with E-state index in [0.29, 0.717) is 22.5 Å². The summed E-state index contributed by atoms with van der Waals surface area (Å²) in [4.78, 5) is 13.4. The topological polar surface area (TPSA) is 75.7 Å². The van der Waals surface area contributed by atoms with Crippen molar-refractivity contribution >= 4 is 27.3 Å². The van der Waals surface area contributed by atoms with Gasteiger partial charge in [-0.2, -0.15) is 0 Å². The number of rotatable bonds is 8. The second-order valence-electron chi connectivity index (χ2n) is 11.8. The average molecular weight is 545 g/mol. The van der Waals surface area contributed by atoms with E-state index >= 15 is 0 Å². The van der Waals surface area contributed by atoms with Gasteiger partial charge >= 0.3 is 0 Å². The molecule has 0 heterocycles. The maximum Gasteiger partial charge on any atom is 0.264 e. The molecule has 7 heteroatoms. The number of sulfonamides is 1. The largest absolute Gasteiger partial charge is 0.495 e. The zero-order valence-electron chi connectivity index (χ0n) is 22.6. The van der Waals surface area contributed by atoms with E-state index in [0.717, 1.165) is 27.6 Å². The Balaban J connectivity index is 1.24. The van der Waals surface area contributed by atoms with Crippen LogP contribution in [-0.2, 0) is 20.2 Å². The molecule has 204 valence electrons. The number of hydrogen-bond donors (Lipinski definition) is 1. The Morgan fingerprint density at radius 3 is 2.13 bits per heavy atom. The molecule has 4 bridgehead atoms. The number of carbonyl (C=O) groups excluding carboxylic acids is 1. The highest BCUT2D eigenvalue weighted by Gasteiger charge is 2.51. The molecule has 0 aliphatic heterocycles.